The van der Waals surface area contributed by atoms with Gasteiger partial charge in [0.25, 0.3) is 0 Å². The number of hydrogen-bond acceptors (Lipinski definition) is 1. The summed E-state index contributed by atoms with van der Waals surface area (Å²) in [4.78, 5) is 0. The molecule has 2 heteroatoms. The molecule has 1 aromatic rings. The van der Waals surface area contributed by atoms with Gasteiger partial charge in [-0.1, -0.05) is 23.8 Å². The van der Waals surface area contributed by atoms with Gasteiger partial charge in [0.1, 0.15) is 5.67 Å². The number of nitrogens with one attached hydrogen (secondary N) is 1. The van der Waals surface area contributed by atoms with Crippen molar-refractivity contribution in [2.75, 3.05) is 13.1 Å². The van der Waals surface area contributed by atoms with Crippen molar-refractivity contribution in [3.05, 3.63) is 34.9 Å². The van der Waals surface area contributed by atoms with Crippen LogP contribution in [-0.4, -0.2) is 18.8 Å². The summed E-state index contributed by atoms with van der Waals surface area (Å²) < 4.78 is 14.5. The van der Waals surface area contributed by atoms with Gasteiger partial charge < -0.3 is 5.32 Å². The van der Waals surface area contributed by atoms with Crippen molar-refractivity contribution in [3.63, 3.8) is 0 Å². The molecular weight excluding hydrogens is 201 g/mol. The zero-order valence-corrected chi connectivity index (χ0v) is 10.1. The molecule has 0 amide bonds. The lowest BCUT2D eigenvalue weighted by molar-refractivity contribution is 0.122. The maximum Gasteiger partial charge on any atom is 0.127 e. The zero-order valence-electron chi connectivity index (χ0n) is 10.1. The largest absolute Gasteiger partial charge is 0.314 e. The summed E-state index contributed by atoms with van der Waals surface area (Å²) in [5.41, 5.74) is 2.56. The number of aryl methyl sites for hydroxylation is 2. The van der Waals surface area contributed by atoms with Crippen molar-refractivity contribution in [1.29, 1.82) is 0 Å². The summed E-state index contributed by atoms with van der Waals surface area (Å²) in [5, 5.41) is 3.15. The van der Waals surface area contributed by atoms with E-state index in [0.717, 1.165) is 18.5 Å². The van der Waals surface area contributed by atoms with E-state index in [1.165, 1.54) is 11.1 Å². The van der Waals surface area contributed by atoms with Gasteiger partial charge in [0.15, 0.2) is 0 Å². The van der Waals surface area contributed by atoms with Crippen LogP contribution < -0.4 is 5.32 Å². The van der Waals surface area contributed by atoms with E-state index in [1.807, 2.05) is 0 Å². The minimum Gasteiger partial charge on any atom is -0.314 e. The first kappa shape index (κ1) is 11.6. The quantitative estimate of drug-likeness (QED) is 0.809. The Balaban J connectivity index is 2.13. The number of alkyl halides is 1. The van der Waals surface area contributed by atoms with Crippen LogP contribution in [0.3, 0.4) is 0 Å². The molecule has 1 atom stereocenters. The van der Waals surface area contributed by atoms with Gasteiger partial charge in [-0.3, -0.25) is 0 Å². The van der Waals surface area contributed by atoms with Gasteiger partial charge in [0.2, 0.25) is 0 Å². The highest BCUT2D eigenvalue weighted by atomic mass is 19.1. The van der Waals surface area contributed by atoms with E-state index in [-0.39, 0.29) is 0 Å². The molecule has 2 rings (SSSR count). The van der Waals surface area contributed by atoms with Crippen molar-refractivity contribution in [2.45, 2.75) is 38.8 Å². The normalized spacial score (nSPS) is 25.7. The number of benzene rings is 1. The third-order valence-electron chi connectivity index (χ3n) is 3.43. The predicted octanol–water partition coefficient (Wildman–Crippen LogP) is 2.94. The Morgan fingerprint density at radius 3 is 2.81 bits per heavy atom. The molecule has 1 unspecified atom stereocenters. The molecule has 1 N–H and O–H groups in total. The summed E-state index contributed by atoms with van der Waals surface area (Å²) in [6, 6.07) is 6.28. The summed E-state index contributed by atoms with van der Waals surface area (Å²) >= 11 is 0. The number of rotatable bonds is 2. The Morgan fingerprint density at radius 1 is 1.38 bits per heavy atom. The molecule has 1 aliphatic heterocycles. The first-order valence-electron chi connectivity index (χ1n) is 6.05. The third-order valence-corrected chi connectivity index (χ3v) is 3.43. The maximum atomic E-state index is 14.5. The van der Waals surface area contributed by atoms with E-state index in [2.05, 4.69) is 37.4 Å². The van der Waals surface area contributed by atoms with E-state index < -0.39 is 5.67 Å². The Kier molecular flexibility index (Phi) is 3.29. The van der Waals surface area contributed by atoms with Crippen LogP contribution in [0.2, 0.25) is 0 Å². The smallest absolute Gasteiger partial charge is 0.127 e. The molecule has 1 aromatic carbocycles. The molecule has 0 aromatic heterocycles. The molecule has 0 aliphatic carbocycles. The molecule has 1 saturated heterocycles. The van der Waals surface area contributed by atoms with Crippen molar-refractivity contribution in [3.8, 4) is 0 Å². The highest BCUT2D eigenvalue weighted by Gasteiger charge is 2.32. The molecule has 1 aliphatic rings. The lowest BCUT2D eigenvalue weighted by Crippen LogP contribution is -2.43. The minimum absolute atomic E-state index is 0.500. The lowest BCUT2D eigenvalue weighted by Gasteiger charge is -2.30. The molecule has 1 fully saturated rings. The van der Waals surface area contributed by atoms with Gasteiger partial charge in [-0.15, -0.1) is 0 Å². The van der Waals surface area contributed by atoms with Gasteiger partial charge in [-0.05, 0) is 44.4 Å². The van der Waals surface area contributed by atoms with Crippen LogP contribution in [0.4, 0.5) is 4.39 Å². The molecule has 0 radical (unpaired) electrons. The second kappa shape index (κ2) is 4.54. The number of piperidine rings is 1. The van der Waals surface area contributed by atoms with Crippen molar-refractivity contribution >= 4 is 0 Å². The molecule has 88 valence electrons. The Bertz CT molecular complexity index is 367. The fourth-order valence-electron chi connectivity index (χ4n) is 2.47. The van der Waals surface area contributed by atoms with E-state index >= 15 is 0 Å². The molecule has 1 nitrogen and oxygen atoms in total. The van der Waals surface area contributed by atoms with Gasteiger partial charge in [-0.25, -0.2) is 4.39 Å². The van der Waals surface area contributed by atoms with Crippen LogP contribution in [0, 0.1) is 13.8 Å². The molecule has 0 spiro atoms. The van der Waals surface area contributed by atoms with Crippen LogP contribution in [-0.2, 0) is 6.42 Å². The van der Waals surface area contributed by atoms with E-state index in [4.69, 9.17) is 0 Å². The fraction of sp³-hybridized carbons (Fsp3) is 0.571. The topological polar surface area (TPSA) is 12.0 Å². The van der Waals surface area contributed by atoms with Crippen molar-refractivity contribution in [2.24, 2.45) is 0 Å². The summed E-state index contributed by atoms with van der Waals surface area (Å²) in [7, 11) is 0. The van der Waals surface area contributed by atoms with Crippen LogP contribution in [0.25, 0.3) is 0 Å². The monoisotopic (exact) mass is 221 g/mol. The first-order valence-corrected chi connectivity index (χ1v) is 6.05. The zero-order chi connectivity index (χ0) is 11.6. The van der Waals surface area contributed by atoms with Gasteiger partial charge in [-0.2, -0.15) is 0 Å². The molecular formula is C14H20FN. The van der Waals surface area contributed by atoms with Crippen molar-refractivity contribution in [1.82, 2.24) is 5.32 Å². The molecule has 16 heavy (non-hydrogen) atoms. The van der Waals surface area contributed by atoms with Crippen LogP contribution in [0.1, 0.15) is 29.5 Å². The van der Waals surface area contributed by atoms with Gasteiger partial charge >= 0.3 is 0 Å². The Labute approximate surface area is 97.1 Å². The average Bonchev–Trinajstić information content (AvgIpc) is 2.23. The first-order chi connectivity index (χ1) is 7.59. The highest BCUT2D eigenvalue weighted by molar-refractivity contribution is 5.31. The van der Waals surface area contributed by atoms with E-state index in [0.29, 0.717) is 19.4 Å². The lowest BCUT2D eigenvalue weighted by atomic mass is 9.87. The second-order valence-electron chi connectivity index (χ2n) is 5.04. The highest BCUT2D eigenvalue weighted by Crippen LogP contribution is 2.27. The third kappa shape index (κ3) is 2.62. The summed E-state index contributed by atoms with van der Waals surface area (Å²) in [5.74, 6) is 0. The maximum absolute atomic E-state index is 14.5. The van der Waals surface area contributed by atoms with Crippen molar-refractivity contribution < 1.29 is 4.39 Å². The summed E-state index contributed by atoms with van der Waals surface area (Å²) in [6.45, 7) is 5.60. The molecule has 0 saturated carbocycles. The average molecular weight is 221 g/mol. The SMILES string of the molecule is Cc1ccc(CC2(F)CCCNC2)c(C)c1. The predicted molar refractivity (Wildman–Crippen MR) is 65.6 cm³/mol. The number of halogens is 1. The van der Waals surface area contributed by atoms with Crippen LogP contribution in [0.5, 0.6) is 0 Å². The second-order valence-corrected chi connectivity index (χ2v) is 5.04. The standard InChI is InChI=1S/C14H20FN/c1-11-4-5-13(12(2)8-11)9-14(15)6-3-7-16-10-14/h4-5,8,16H,3,6-7,9-10H2,1-2H3. The Hall–Kier alpha value is -0.890. The molecule has 1 heterocycles. The van der Waals surface area contributed by atoms with E-state index in [1.54, 1.807) is 0 Å². The minimum atomic E-state index is -1.04. The van der Waals surface area contributed by atoms with E-state index in [9.17, 15) is 4.39 Å². The Morgan fingerprint density at radius 2 is 2.19 bits per heavy atom. The van der Waals surface area contributed by atoms with Crippen LogP contribution >= 0.6 is 0 Å². The van der Waals surface area contributed by atoms with Gasteiger partial charge in [0, 0.05) is 13.0 Å². The van der Waals surface area contributed by atoms with Gasteiger partial charge in [0.05, 0.1) is 0 Å². The molecule has 0 bridgehead atoms. The number of hydrogen-bond donors (Lipinski definition) is 1. The van der Waals surface area contributed by atoms with Crippen LogP contribution in [0.15, 0.2) is 18.2 Å². The summed E-state index contributed by atoms with van der Waals surface area (Å²) in [6.07, 6.45) is 2.18. The fourth-order valence-corrected chi connectivity index (χ4v) is 2.47.